The molecule has 2 heterocycles. The number of esters is 1. The molecule has 10 nitrogen and oxygen atoms in total. The summed E-state index contributed by atoms with van der Waals surface area (Å²) >= 11 is 0. The van der Waals surface area contributed by atoms with Gasteiger partial charge in [0.25, 0.3) is 10.0 Å². The Morgan fingerprint density at radius 1 is 1.21 bits per heavy atom. The van der Waals surface area contributed by atoms with E-state index in [1.54, 1.807) is 24.0 Å². The molecule has 1 saturated heterocycles. The van der Waals surface area contributed by atoms with E-state index in [-0.39, 0.29) is 47.0 Å². The topological polar surface area (TPSA) is 135 Å². The van der Waals surface area contributed by atoms with Gasteiger partial charge in [0, 0.05) is 19.3 Å². The predicted octanol–water partition coefficient (Wildman–Crippen LogP) is 2.76. The van der Waals surface area contributed by atoms with Gasteiger partial charge in [-0.3, -0.25) is 9.52 Å². The third-order valence-corrected chi connectivity index (χ3v) is 6.53. The summed E-state index contributed by atoms with van der Waals surface area (Å²) in [5.41, 5.74) is -0.143. The van der Waals surface area contributed by atoms with E-state index in [2.05, 4.69) is 9.71 Å². The first-order chi connectivity index (χ1) is 15.7. The smallest absolute Gasteiger partial charge is 0.337 e. The monoisotopic (exact) mass is 477 g/mol. The summed E-state index contributed by atoms with van der Waals surface area (Å²) in [4.78, 5) is 29.7. The van der Waals surface area contributed by atoms with Crippen LogP contribution in [0.4, 0.5) is 11.5 Å². The Morgan fingerprint density at radius 3 is 2.58 bits per heavy atom. The predicted molar refractivity (Wildman–Crippen MR) is 121 cm³/mol. The number of carboxylic acids is 1. The Kier molecular flexibility index (Phi) is 7.75. The minimum absolute atomic E-state index is 0.0133. The zero-order valence-electron chi connectivity index (χ0n) is 18.5. The summed E-state index contributed by atoms with van der Waals surface area (Å²) < 4.78 is 39.0. The van der Waals surface area contributed by atoms with Gasteiger partial charge >= 0.3 is 11.9 Å². The average molecular weight is 478 g/mol. The van der Waals surface area contributed by atoms with Crippen molar-refractivity contribution < 1.29 is 32.6 Å². The maximum atomic E-state index is 13.0. The van der Waals surface area contributed by atoms with Crippen LogP contribution >= 0.6 is 0 Å². The van der Waals surface area contributed by atoms with Crippen LogP contribution in [0.15, 0.2) is 41.4 Å². The molecule has 0 spiro atoms. The second kappa shape index (κ2) is 10.5. The molecule has 1 aliphatic rings. The Balaban J connectivity index is 1.92. The molecule has 1 atom stereocenters. The SMILES string of the molecule is CCOC(=O)C1CCCN(c2ncc(C(=O)O)cc2NS(=O)(=O)c2ccc(OCC)cc2)C1. The lowest BCUT2D eigenvalue weighted by atomic mass is 9.98. The summed E-state index contributed by atoms with van der Waals surface area (Å²) in [7, 11) is -4.04. The summed E-state index contributed by atoms with van der Waals surface area (Å²) in [6.07, 6.45) is 2.49. The van der Waals surface area contributed by atoms with E-state index < -0.39 is 16.0 Å². The van der Waals surface area contributed by atoms with E-state index in [9.17, 15) is 23.1 Å². The second-order valence-corrected chi connectivity index (χ2v) is 9.13. The molecule has 33 heavy (non-hydrogen) atoms. The van der Waals surface area contributed by atoms with E-state index >= 15 is 0 Å². The molecule has 2 N–H and O–H groups in total. The van der Waals surface area contributed by atoms with Crippen molar-refractivity contribution in [2.75, 3.05) is 35.9 Å². The molecule has 0 saturated carbocycles. The van der Waals surface area contributed by atoms with Crippen molar-refractivity contribution in [2.45, 2.75) is 31.6 Å². The molecule has 178 valence electrons. The zero-order valence-corrected chi connectivity index (χ0v) is 19.3. The van der Waals surface area contributed by atoms with Gasteiger partial charge in [0.1, 0.15) is 5.75 Å². The number of carboxylic acid groups (broad SMARTS) is 1. The van der Waals surface area contributed by atoms with Crippen molar-refractivity contribution in [1.29, 1.82) is 0 Å². The summed E-state index contributed by atoms with van der Waals surface area (Å²) in [5.74, 6) is -1.15. The van der Waals surface area contributed by atoms with Gasteiger partial charge < -0.3 is 19.5 Å². The van der Waals surface area contributed by atoms with Crippen molar-refractivity contribution in [3.63, 3.8) is 0 Å². The normalized spacial score (nSPS) is 16.2. The van der Waals surface area contributed by atoms with Gasteiger partial charge in [0.15, 0.2) is 5.82 Å². The number of ether oxygens (including phenoxy) is 2. The molecule has 1 fully saturated rings. The number of hydrogen-bond acceptors (Lipinski definition) is 8. The third kappa shape index (κ3) is 5.92. The molecule has 0 radical (unpaired) electrons. The van der Waals surface area contributed by atoms with Crippen LogP contribution in [0.25, 0.3) is 0 Å². The first-order valence-electron chi connectivity index (χ1n) is 10.7. The lowest BCUT2D eigenvalue weighted by molar-refractivity contribution is -0.148. The molecule has 0 aliphatic carbocycles. The Labute approximate surface area is 192 Å². The van der Waals surface area contributed by atoms with Crippen LogP contribution in [0.5, 0.6) is 5.75 Å². The second-order valence-electron chi connectivity index (χ2n) is 7.45. The molecular weight excluding hydrogens is 450 g/mol. The molecule has 0 bridgehead atoms. The maximum absolute atomic E-state index is 13.0. The lowest BCUT2D eigenvalue weighted by Gasteiger charge is -2.33. The Hall–Kier alpha value is -3.34. The van der Waals surface area contributed by atoms with Crippen LogP contribution in [-0.4, -0.2) is 56.8 Å². The Bertz CT molecular complexity index is 1100. The number of aromatic carboxylic acids is 1. The van der Waals surface area contributed by atoms with Crippen LogP contribution in [0.1, 0.15) is 37.0 Å². The van der Waals surface area contributed by atoms with Crippen LogP contribution in [0.3, 0.4) is 0 Å². The first kappa shape index (κ1) is 24.3. The first-order valence-corrected chi connectivity index (χ1v) is 12.1. The van der Waals surface area contributed by atoms with Gasteiger partial charge in [-0.05, 0) is 57.0 Å². The van der Waals surface area contributed by atoms with Gasteiger partial charge in [-0.2, -0.15) is 0 Å². The quantitative estimate of drug-likeness (QED) is 0.523. The van der Waals surface area contributed by atoms with Crippen molar-refractivity contribution in [2.24, 2.45) is 5.92 Å². The van der Waals surface area contributed by atoms with Crippen molar-refractivity contribution in [1.82, 2.24) is 4.98 Å². The van der Waals surface area contributed by atoms with Crippen molar-refractivity contribution >= 4 is 33.5 Å². The fraction of sp³-hybridized carbons (Fsp3) is 0.409. The van der Waals surface area contributed by atoms with Gasteiger partial charge in [-0.15, -0.1) is 0 Å². The van der Waals surface area contributed by atoms with E-state index in [0.29, 0.717) is 31.7 Å². The zero-order chi connectivity index (χ0) is 24.0. The van der Waals surface area contributed by atoms with Gasteiger partial charge in [0.2, 0.25) is 0 Å². The van der Waals surface area contributed by atoms with Crippen LogP contribution < -0.4 is 14.4 Å². The molecular formula is C22H27N3O7S. The highest BCUT2D eigenvalue weighted by Crippen LogP contribution is 2.31. The van der Waals surface area contributed by atoms with Crippen molar-refractivity contribution in [3.8, 4) is 5.75 Å². The van der Waals surface area contributed by atoms with Gasteiger partial charge in [-0.1, -0.05) is 0 Å². The van der Waals surface area contributed by atoms with E-state index in [1.807, 2.05) is 6.92 Å². The number of carbonyl (C=O) groups excluding carboxylic acids is 1. The number of aromatic nitrogens is 1. The molecule has 11 heteroatoms. The highest BCUT2D eigenvalue weighted by molar-refractivity contribution is 7.92. The van der Waals surface area contributed by atoms with Crippen molar-refractivity contribution in [3.05, 3.63) is 42.1 Å². The number of anilines is 2. The van der Waals surface area contributed by atoms with E-state index in [1.165, 1.54) is 24.4 Å². The van der Waals surface area contributed by atoms with E-state index in [4.69, 9.17) is 9.47 Å². The summed E-state index contributed by atoms with van der Waals surface area (Å²) in [6.45, 7) is 5.10. The Morgan fingerprint density at radius 2 is 1.94 bits per heavy atom. The molecule has 0 amide bonds. The number of nitrogens with zero attached hydrogens (tertiary/aromatic N) is 2. The van der Waals surface area contributed by atoms with Gasteiger partial charge in [0.05, 0.1) is 35.3 Å². The highest BCUT2D eigenvalue weighted by atomic mass is 32.2. The molecule has 3 rings (SSSR count). The minimum Gasteiger partial charge on any atom is -0.494 e. The highest BCUT2D eigenvalue weighted by Gasteiger charge is 2.30. The fourth-order valence-corrected chi connectivity index (χ4v) is 4.66. The summed E-state index contributed by atoms with van der Waals surface area (Å²) in [6, 6.07) is 7.11. The lowest BCUT2D eigenvalue weighted by Crippen LogP contribution is -2.40. The maximum Gasteiger partial charge on any atom is 0.337 e. The molecule has 2 aromatic rings. The fourth-order valence-electron chi connectivity index (χ4n) is 3.61. The average Bonchev–Trinajstić information content (AvgIpc) is 2.79. The standard InChI is InChI=1S/C22H27N3O7S/c1-3-31-17-7-9-18(10-8-17)33(29,30)24-19-12-16(21(26)27)13-23-20(19)25-11-5-6-15(14-25)22(28)32-4-2/h7-10,12-13,15,24H,3-6,11,14H2,1-2H3,(H,26,27). The van der Waals surface area contributed by atoms with E-state index in [0.717, 1.165) is 0 Å². The third-order valence-electron chi connectivity index (χ3n) is 5.14. The molecule has 1 aliphatic heterocycles. The largest absolute Gasteiger partial charge is 0.494 e. The van der Waals surface area contributed by atoms with Crippen LogP contribution in [-0.2, 0) is 19.6 Å². The number of rotatable bonds is 9. The van der Waals surface area contributed by atoms with Crippen LogP contribution in [0, 0.1) is 5.92 Å². The molecule has 1 aromatic carbocycles. The number of pyridine rings is 1. The number of hydrogen-bond donors (Lipinski definition) is 2. The number of benzene rings is 1. The number of carbonyl (C=O) groups is 2. The molecule has 1 aromatic heterocycles. The molecule has 1 unspecified atom stereocenters. The number of sulfonamides is 1. The minimum atomic E-state index is -4.04. The number of nitrogens with one attached hydrogen (secondary N) is 1. The van der Waals surface area contributed by atoms with Crippen LogP contribution in [0.2, 0.25) is 0 Å². The summed E-state index contributed by atoms with van der Waals surface area (Å²) in [5, 5.41) is 9.37. The van der Waals surface area contributed by atoms with Gasteiger partial charge in [-0.25, -0.2) is 18.2 Å². The number of piperidine rings is 1.